The number of aromatic nitrogens is 3. The molecule has 4 heterocycles. The summed E-state index contributed by atoms with van der Waals surface area (Å²) in [6.45, 7) is 10.5. The summed E-state index contributed by atoms with van der Waals surface area (Å²) < 4.78 is 5.44. The molecule has 0 saturated carbocycles. The van der Waals surface area contributed by atoms with E-state index in [0.29, 0.717) is 11.9 Å². The van der Waals surface area contributed by atoms with Crippen LogP contribution in [0.15, 0.2) is 10.7 Å². The Kier molecular flexibility index (Phi) is 5.92. The van der Waals surface area contributed by atoms with Crippen LogP contribution in [0, 0.1) is 5.92 Å². The fraction of sp³-hybridized carbons (Fsp3) is 0.737. The first-order chi connectivity index (χ1) is 13.2. The summed E-state index contributed by atoms with van der Waals surface area (Å²) in [7, 11) is 0. The van der Waals surface area contributed by atoms with Crippen LogP contribution in [-0.2, 0) is 6.42 Å². The highest BCUT2D eigenvalue weighted by atomic mass is 32.1. The molecule has 0 amide bonds. The molecule has 0 aliphatic carbocycles. The van der Waals surface area contributed by atoms with Crippen molar-refractivity contribution >= 4 is 22.4 Å². The van der Waals surface area contributed by atoms with Gasteiger partial charge in [0.05, 0.1) is 11.2 Å². The van der Waals surface area contributed by atoms with Crippen LogP contribution < -0.4 is 15.1 Å². The van der Waals surface area contributed by atoms with Gasteiger partial charge in [-0.1, -0.05) is 19.0 Å². The number of hydrogen-bond donors (Lipinski definition) is 1. The van der Waals surface area contributed by atoms with Crippen molar-refractivity contribution in [3.63, 3.8) is 0 Å². The topological polar surface area (TPSA) is 70.3 Å². The van der Waals surface area contributed by atoms with E-state index >= 15 is 0 Å². The van der Waals surface area contributed by atoms with Gasteiger partial charge in [0.15, 0.2) is 5.82 Å². The number of thiazole rings is 1. The Labute approximate surface area is 165 Å². The van der Waals surface area contributed by atoms with E-state index in [9.17, 15) is 0 Å². The maximum atomic E-state index is 5.44. The SMILES string of the molecule is CC(C)c1noc(N2CCC(CCc3ncc(N4CCNCC4)s3)CC2)n1. The lowest BCUT2D eigenvalue weighted by Gasteiger charge is -2.30. The molecule has 2 aliphatic rings. The Bertz CT molecular complexity index is 715. The molecule has 7 nitrogen and oxygen atoms in total. The molecule has 2 aliphatic heterocycles. The monoisotopic (exact) mass is 390 g/mol. The van der Waals surface area contributed by atoms with Crippen LogP contribution in [0.4, 0.5) is 11.0 Å². The highest BCUT2D eigenvalue weighted by Gasteiger charge is 2.24. The largest absolute Gasteiger partial charge is 0.360 e. The molecule has 0 radical (unpaired) electrons. The molecule has 2 aromatic rings. The van der Waals surface area contributed by atoms with Crippen LogP contribution in [0.5, 0.6) is 0 Å². The molecule has 0 bridgehead atoms. The number of rotatable bonds is 6. The van der Waals surface area contributed by atoms with E-state index in [1.807, 2.05) is 11.3 Å². The molecule has 2 saturated heterocycles. The maximum absolute atomic E-state index is 5.44. The lowest BCUT2D eigenvalue weighted by atomic mass is 9.92. The van der Waals surface area contributed by atoms with Gasteiger partial charge in [-0.15, -0.1) is 11.3 Å². The predicted octanol–water partition coefficient (Wildman–Crippen LogP) is 2.91. The Morgan fingerprint density at radius 1 is 1.19 bits per heavy atom. The zero-order valence-corrected chi connectivity index (χ0v) is 17.2. The highest BCUT2D eigenvalue weighted by Crippen LogP contribution is 2.29. The van der Waals surface area contributed by atoms with E-state index in [4.69, 9.17) is 4.52 Å². The van der Waals surface area contributed by atoms with Crippen LogP contribution >= 0.6 is 11.3 Å². The molecule has 148 valence electrons. The van der Waals surface area contributed by atoms with Crippen molar-refractivity contribution in [1.29, 1.82) is 0 Å². The molecule has 2 aromatic heterocycles. The first kappa shape index (κ1) is 18.7. The lowest BCUT2D eigenvalue weighted by Crippen LogP contribution is -2.43. The van der Waals surface area contributed by atoms with Gasteiger partial charge < -0.3 is 19.6 Å². The Balaban J connectivity index is 1.23. The van der Waals surface area contributed by atoms with Gasteiger partial charge >= 0.3 is 6.01 Å². The average Bonchev–Trinajstić information content (AvgIpc) is 3.37. The second kappa shape index (κ2) is 8.56. The minimum Gasteiger partial charge on any atom is -0.360 e. The number of hydrogen-bond acceptors (Lipinski definition) is 8. The second-order valence-corrected chi connectivity index (χ2v) is 8.98. The summed E-state index contributed by atoms with van der Waals surface area (Å²) in [5.74, 6) is 1.88. The lowest BCUT2D eigenvalue weighted by molar-refractivity contribution is 0.349. The third kappa shape index (κ3) is 4.60. The van der Waals surface area contributed by atoms with Gasteiger partial charge in [0.2, 0.25) is 0 Å². The first-order valence-electron chi connectivity index (χ1n) is 10.2. The molecular weight excluding hydrogens is 360 g/mol. The molecule has 0 unspecified atom stereocenters. The molecule has 4 rings (SSSR count). The number of anilines is 2. The molecule has 1 N–H and O–H groups in total. The number of aryl methyl sites for hydroxylation is 1. The smallest absolute Gasteiger partial charge is 0.324 e. The maximum Gasteiger partial charge on any atom is 0.324 e. The number of nitrogens with one attached hydrogen (secondary N) is 1. The summed E-state index contributed by atoms with van der Waals surface area (Å²) >= 11 is 1.87. The molecule has 27 heavy (non-hydrogen) atoms. The van der Waals surface area contributed by atoms with Crippen LogP contribution in [0.3, 0.4) is 0 Å². The molecule has 2 fully saturated rings. The fourth-order valence-corrected chi connectivity index (χ4v) is 4.76. The molecule has 0 aromatic carbocycles. The van der Waals surface area contributed by atoms with Crippen LogP contribution in [0.25, 0.3) is 0 Å². The van der Waals surface area contributed by atoms with Gasteiger partial charge in [-0.25, -0.2) is 4.98 Å². The Hall–Kier alpha value is -1.67. The molecule has 0 atom stereocenters. The van der Waals surface area contributed by atoms with Crippen LogP contribution in [0.1, 0.15) is 49.9 Å². The van der Waals surface area contributed by atoms with Crippen molar-refractivity contribution in [2.45, 2.75) is 45.4 Å². The number of piperidine rings is 1. The summed E-state index contributed by atoms with van der Waals surface area (Å²) in [5.41, 5.74) is 0. The quantitative estimate of drug-likeness (QED) is 0.813. The summed E-state index contributed by atoms with van der Waals surface area (Å²) in [5, 5.41) is 10.1. The Morgan fingerprint density at radius 3 is 2.67 bits per heavy atom. The zero-order valence-electron chi connectivity index (χ0n) is 16.4. The van der Waals surface area contributed by atoms with Gasteiger partial charge in [-0.05, 0) is 31.6 Å². The van der Waals surface area contributed by atoms with E-state index in [2.05, 4.69) is 50.3 Å². The van der Waals surface area contributed by atoms with E-state index in [-0.39, 0.29) is 0 Å². The van der Waals surface area contributed by atoms with Gasteiger partial charge in [0.1, 0.15) is 5.00 Å². The van der Waals surface area contributed by atoms with E-state index in [1.165, 1.54) is 29.3 Å². The molecule has 8 heteroatoms. The summed E-state index contributed by atoms with van der Waals surface area (Å²) in [6, 6.07) is 0.692. The van der Waals surface area contributed by atoms with Crippen molar-refractivity contribution < 1.29 is 4.52 Å². The van der Waals surface area contributed by atoms with Crippen molar-refractivity contribution in [2.75, 3.05) is 49.1 Å². The van der Waals surface area contributed by atoms with Crippen molar-refractivity contribution in [3.8, 4) is 0 Å². The molecular formula is C19H30N6OS. The van der Waals surface area contributed by atoms with E-state index < -0.39 is 0 Å². The zero-order chi connectivity index (χ0) is 18.6. The minimum atomic E-state index is 0.310. The van der Waals surface area contributed by atoms with Gasteiger partial charge in [-0.3, -0.25) is 0 Å². The van der Waals surface area contributed by atoms with Gasteiger partial charge in [0, 0.05) is 45.2 Å². The van der Waals surface area contributed by atoms with Crippen molar-refractivity contribution in [3.05, 3.63) is 17.0 Å². The van der Waals surface area contributed by atoms with Crippen molar-refractivity contribution in [1.82, 2.24) is 20.4 Å². The summed E-state index contributed by atoms with van der Waals surface area (Å²) in [6.07, 6.45) is 6.77. The number of piperazine rings is 1. The average molecular weight is 391 g/mol. The fourth-order valence-electron chi connectivity index (χ4n) is 3.78. The van der Waals surface area contributed by atoms with Gasteiger partial charge in [0.25, 0.3) is 0 Å². The third-order valence-corrected chi connectivity index (χ3v) is 6.69. The van der Waals surface area contributed by atoms with Crippen LogP contribution in [0.2, 0.25) is 0 Å². The van der Waals surface area contributed by atoms with Crippen LogP contribution in [-0.4, -0.2) is 54.4 Å². The Morgan fingerprint density at radius 2 is 1.96 bits per heavy atom. The summed E-state index contributed by atoms with van der Waals surface area (Å²) in [4.78, 5) is 13.9. The third-order valence-electron chi connectivity index (χ3n) is 5.57. The highest BCUT2D eigenvalue weighted by molar-refractivity contribution is 7.15. The van der Waals surface area contributed by atoms with E-state index in [1.54, 1.807) is 0 Å². The first-order valence-corrected chi connectivity index (χ1v) is 11.0. The molecule has 0 spiro atoms. The van der Waals surface area contributed by atoms with Gasteiger partial charge in [-0.2, -0.15) is 4.98 Å². The minimum absolute atomic E-state index is 0.310. The van der Waals surface area contributed by atoms with Crippen molar-refractivity contribution in [2.24, 2.45) is 5.92 Å². The predicted molar refractivity (Wildman–Crippen MR) is 109 cm³/mol. The number of nitrogens with zero attached hydrogens (tertiary/aromatic N) is 5. The normalized spacial score (nSPS) is 19.2. The van der Waals surface area contributed by atoms with E-state index in [0.717, 1.165) is 57.4 Å². The standard InChI is InChI=1S/C19H30N6OS/c1-14(2)18-22-19(26-23-18)25-9-5-15(6-10-25)3-4-16-21-13-17(27-16)24-11-7-20-8-12-24/h13-15,20H,3-12H2,1-2H3. The second-order valence-electron chi connectivity index (χ2n) is 7.89.